The van der Waals surface area contributed by atoms with E-state index in [0.717, 1.165) is 31.1 Å². The Balaban J connectivity index is 1.33. The molecule has 1 amide bonds. The molecule has 1 heterocycles. The number of pyridine rings is 1. The lowest BCUT2D eigenvalue weighted by molar-refractivity contribution is -0.113. The Bertz CT molecular complexity index is 840. The van der Waals surface area contributed by atoms with E-state index in [1.165, 1.54) is 44.2 Å². The number of aromatic nitrogens is 1. The van der Waals surface area contributed by atoms with E-state index < -0.39 is 0 Å². The fourth-order valence-electron chi connectivity index (χ4n) is 7.89. The summed E-state index contributed by atoms with van der Waals surface area (Å²) in [4.78, 5) is 16.4. The van der Waals surface area contributed by atoms with E-state index >= 15 is 0 Å². The van der Waals surface area contributed by atoms with Crippen LogP contribution in [0.3, 0.4) is 0 Å². The molecule has 30 heavy (non-hydrogen) atoms. The number of nitrogens with one attached hydrogen (secondary N) is 1. The Labute approximate surface area is 179 Å². The Hall–Kier alpha value is -1.75. The van der Waals surface area contributed by atoms with Crippen molar-refractivity contribution in [2.24, 2.45) is 39.6 Å². The van der Waals surface area contributed by atoms with Crippen LogP contribution in [0.1, 0.15) is 82.0 Å². The van der Waals surface area contributed by atoms with Gasteiger partial charge in [-0.25, -0.2) is 5.43 Å². The Morgan fingerprint density at radius 3 is 2.70 bits per heavy atom. The zero-order valence-corrected chi connectivity index (χ0v) is 18.3. The van der Waals surface area contributed by atoms with Crippen molar-refractivity contribution >= 4 is 11.6 Å². The van der Waals surface area contributed by atoms with Gasteiger partial charge in [-0.05, 0) is 99.0 Å². The van der Waals surface area contributed by atoms with Crippen LogP contribution < -0.4 is 5.43 Å². The molecule has 0 saturated heterocycles. The molecule has 0 bridgehead atoms. The molecule has 5 rings (SSSR count). The number of carbonyl (C=O) groups excluding carboxylic acids is 1. The number of hydrazone groups is 1. The fraction of sp³-hybridized carbons (Fsp3) is 0.720. The molecule has 7 atom stereocenters. The number of aliphatic hydroxyl groups is 1. The van der Waals surface area contributed by atoms with E-state index in [2.05, 4.69) is 29.4 Å². The first kappa shape index (κ1) is 20.2. The van der Waals surface area contributed by atoms with Crippen LogP contribution in [0.4, 0.5) is 0 Å². The maximum Gasteiger partial charge on any atom is 0.271 e. The summed E-state index contributed by atoms with van der Waals surface area (Å²) in [6, 6.07) is 3.44. The molecule has 0 aliphatic heterocycles. The minimum absolute atomic E-state index is 0.0808. The van der Waals surface area contributed by atoms with Crippen molar-refractivity contribution in [1.82, 2.24) is 10.4 Å². The van der Waals surface area contributed by atoms with Crippen molar-refractivity contribution in [2.45, 2.75) is 77.7 Å². The number of rotatable bonds is 2. The van der Waals surface area contributed by atoms with Gasteiger partial charge >= 0.3 is 0 Å². The van der Waals surface area contributed by atoms with Gasteiger partial charge in [0.05, 0.1) is 6.10 Å². The first-order valence-electron chi connectivity index (χ1n) is 11.9. The highest BCUT2D eigenvalue weighted by Crippen LogP contribution is 2.65. The number of hydrogen-bond acceptors (Lipinski definition) is 4. The molecule has 1 aromatic rings. The molecular weight excluding hydrogens is 374 g/mol. The number of carbonyl (C=O) groups is 1. The van der Waals surface area contributed by atoms with Gasteiger partial charge in [-0.15, -0.1) is 0 Å². The van der Waals surface area contributed by atoms with Crippen LogP contribution in [-0.2, 0) is 0 Å². The Morgan fingerprint density at radius 1 is 1.10 bits per heavy atom. The van der Waals surface area contributed by atoms with E-state index in [4.69, 9.17) is 0 Å². The largest absolute Gasteiger partial charge is 0.393 e. The number of aliphatic hydroxyl groups excluding tert-OH is 1. The predicted molar refractivity (Wildman–Crippen MR) is 117 cm³/mol. The summed E-state index contributed by atoms with van der Waals surface area (Å²) in [5.74, 6) is 2.77. The average Bonchev–Trinajstić information content (AvgIpc) is 3.09. The zero-order chi connectivity index (χ0) is 20.9. The number of nitrogens with zero attached hydrogens (tertiary/aromatic N) is 2. The number of hydrogen-bond donors (Lipinski definition) is 2. The molecule has 2 N–H and O–H groups in total. The summed E-state index contributed by atoms with van der Waals surface area (Å²) >= 11 is 0. The second-order valence-corrected chi connectivity index (χ2v) is 10.8. The molecule has 1 aromatic heterocycles. The van der Waals surface area contributed by atoms with Gasteiger partial charge < -0.3 is 5.11 Å². The molecule has 0 unspecified atom stereocenters. The molecular formula is C25H35N3O2. The first-order chi connectivity index (χ1) is 14.4. The lowest BCUT2D eigenvalue weighted by Crippen LogP contribution is -2.54. The van der Waals surface area contributed by atoms with Crippen LogP contribution in [0.2, 0.25) is 0 Å². The molecule has 4 aliphatic rings. The van der Waals surface area contributed by atoms with Gasteiger partial charge in [0.15, 0.2) is 0 Å². The molecule has 0 aromatic carbocycles. The van der Waals surface area contributed by atoms with Crippen LogP contribution in [0, 0.1) is 34.5 Å². The summed E-state index contributed by atoms with van der Waals surface area (Å²) in [6.45, 7) is 4.93. The van der Waals surface area contributed by atoms with Gasteiger partial charge in [-0.3, -0.25) is 9.78 Å². The van der Waals surface area contributed by atoms with E-state index in [1.807, 2.05) is 0 Å². The fourth-order valence-corrected chi connectivity index (χ4v) is 7.89. The van der Waals surface area contributed by atoms with Gasteiger partial charge in [-0.2, -0.15) is 5.10 Å². The van der Waals surface area contributed by atoms with Crippen LogP contribution in [0.5, 0.6) is 0 Å². The quantitative estimate of drug-likeness (QED) is 0.703. The summed E-state index contributed by atoms with van der Waals surface area (Å²) in [5.41, 5.74) is 5.13. The van der Waals surface area contributed by atoms with Crippen molar-refractivity contribution in [2.75, 3.05) is 0 Å². The lowest BCUT2D eigenvalue weighted by Gasteiger charge is -2.60. The van der Waals surface area contributed by atoms with Gasteiger partial charge in [0.1, 0.15) is 0 Å². The van der Waals surface area contributed by atoms with Crippen LogP contribution in [-0.4, -0.2) is 27.8 Å². The first-order valence-corrected chi connectivity index (χ1v) is 11.9. The third-order valence-electron chi connectivity index (χ3n) is 9.61. The van der Waals surface area contributed by atoms with E-state index in [0.29, 0.717) is 22.8 Å². The molecule has 4 aliphatic carbocycles. The van der Waals surface area contributed by atoms with Crippen molar-refractivity contribution in [1.29, 1.82) is 0 Å². The summed E-state index contributed by atoms with van der Waals surface area (Å²) < 4.78 is 0. The van der Waals surface area contributed by atoms with Gasteiger partial charge in [0.2, 0.25) is 0 Å². The second-order valence-electron chi connectivity index (χ2n) is 10.8. The Morgan fingerprint density at radius 2 is 1.90 bits per heavy atom. The second kappa shape index (κ2) is 7.44. The molecule has 5 heteroatoms. The number of amides is 1. The third-order valence-corrected chi connectivity index (χ3v) is 9.61. The average molecular weight is 410 g/mol. The summed E-state index contributed by atoms with van der Waals surface area (Å²) in [5, 5.41) is 14.9. The molecule has 162 valence electrons. The van der Waals surface area contributed by atoms with Gasteiger partial charge in [-0.1, -0.05) is 13.8 Å². The predicted octanol–water partition coefficient (Wildman–Crippen LogP) is 4.57. The SMILES string of the molecule is C[C@]12CC[C@@H](O)C[C@@H]1CC[C@@H]1[C@@H]2CC[C@]2(C)/C(=N\NC(=O)c3ccncc3)CC[C@@H]12. The van der Waals surface area contributed by atoms with Crippen molar-refractivity contribution in [3.63, 3.8) is 0 Å². The monoisotopic (exact) mass is 409 g/mol. The lowest BCUT2D eigenvalue weighted by atomic mass is 9.45. The zero-order valence-electron chi connectivity index (χ0n) is 18.3. The Kier molecular flexibility index (Phi) is 5.00. The maximum atomic E-state index is 12.5. The van der Waals surface area contributed by atoms with Gasteiger partial charge in [0.25, 0.3) is 5.91 Å². The summed E-state index contributed by atoms with van der Waals surface area (Å²) in [6.07, 6.45) is 13.6. The van der Waals surface area contributed by atoms with Crippen LogP contribution in [0.25, 0.3) is 0 Å². The van der Waals surface area contributed by atoms with E-state index in [-0.39, 0.29) is 17.4 Å². The minimum atomic E-state index is -0.153. The topological polar surface area (TPSA) is 74.6 Å². The minimum Gasteiger partial charge on any atom is -0.393 e. The third kappa shape index (κ3) is 3.12. The van der Waals surface area contributed by atoms with Gasteiger partial charge in [0, 0.05) is 29.1 Å². The van der Waals surface area contributed by atoms with E-state index in [9.17, 15) is 9.90 Å². The molecule has 5 nitrogen and oxygen atoms in total. The summed E-state index contributed by atoms with van der Waals surface area (Å²) in [7, 11) is 0. The molecule has 0 radical (unpaired) electrons. The molecule has 4 fully saturated rings. The molecule has 4 saturated carbocycles. The van der Waals surface area contributed by atoms with Crippen LogP contribution in [0.15, 0.2) is 29.6 Å². The maximum absolute atomic E-state index is 12.5. The van der Waals surface area contributed by atoms with Crippen molar-refractivity contribution in [3.05, 3.63) is 30.1 Å². The normalized spacial score (nSPS) is 44.1. The highest BCUT2D eigenvalue weighted by Gasteiger charge is 2.59. The van der Waals surface area contributed by atoms with E-state index in [1.54, 1.807) is 24.5 Å². The van der Waals surface area contributed by atoms with Crippen molar-refractivity contribution in [3.8, 4) is 0 Å². The van der Waals surface area contributed by atoms with Crippen LogP contribution >= 0.6 is 0 Å². The highest BCUT2D eigenvalue weighted by molar-refractivity contribution is 5.97. The smallest absolute Gasteiger partial charge is 0.271 e. The standard InChI is InChI=1S/C25H35N3O2/c1-24-11-7-18(29)15-17(24)3-4-19-20-5-6-22(25(20,2)12-8-21(19)24)27-28-23(30)16-9-13-26-14-10-16/h9-10,13-14,17-21,29H,3-8,11-12,15H2,1-2H3,(H,28,30)/b27-22-/t17-,18+,19-,20-,21-,24-,25-/m0/s1. The highest BCUT2D eigenvalue weighted by atomic mass is 16.3. The number of fused-ring (bicyclic) bond motifs is 5. The molecule has 0 spiro atoms. The van der Waals surface area contributed by atoms with Crippen molar-refractivity contribution < 1.29 is 9.90 Å².